The molecule has 1 unspecified atom stereocenters. The van der Waals surface area contributed by atoms with Crippen molar-refractivity contribution in [2.45, 2.75) is 38.7 Å². The highest BCUT2D eigenvalue weighted by atomic mass is 35.5. The first-order valence-electron chi connectivity index (χ1n) is 12.1. The lowest BCUT2D eigenvalue weighted by Crippen LogP contribution is -2.40. The minimum Gasteiger partial charge on any atom is -0.496 e. The van der Waals surface area contributed by atoms with Gasteiger partial charge < -0.3 is 28.3 Å². The molecule has 0 spiro atoms. The van der Waals surface area contributed by atoms with Crippen molar-refractivity contribution < 1.29 is 23.4 Å². The standard InChI is InChI=1S/C27H30ClN3O5/c1-16-11-19(28)12-24(33-3)26(16)18-7-9-31(10-8-18)14-20(32)15-34-22-5-4-6-23-21(22)13-25(36-23)27-30-29-17(2)35-27/h4-6,11-13,18,20,32H,7-10,14-15H2,1-3H3. The van der Waals surface area contributed by atoms with E-state index in [2.05, 4.69) is 22.0 Å². The van der Waals surface area contributed by atoms with Crippen molar-refractivity contribution in [1.29, 1.82) is 0 Å². The second-order valence-corrected chi connectivity index (χ2v) is 9.72. The Morgan fingerprint density at radius 3 is 2.64 bits per heavy atom. The third-order valence-electron chi connectivity index (χ3n) is 6.69. The fourth-order valence-electron chi connectivity index (χ4n) is 5.02. The lowest BCUT2D eigenvalue weighted by Gasteiger charge is -2.34. The van der Waals surface area contributed by atoms with Gasteiger partial charge in [0.05, 0.1) is 12.5 Å². The second-order valence-electron chi connectivity index (χ2n) is 9.28. The summed E-state index contributed by atoms with van der Waals surface area (Å²) in [6, 6.07) is 11.3. The van der Waals surface area contributed by atoms with Gasteiger partial charge in [-0.15, -0.1) is 10.2 Å². The number of nitrogens with zero attached hydrogens (tertiary/aromatic N) is 3. The maximum absolute atomic E-state index is 10.7. The number of aromatic nitrogens is 2. The monoisotopic (exact) mass is 511 g/mol. The Morgan fingerprint density at radius 1 is 1.11 bits per heavy atom. The van der Waals surface area contributed by atoms with Gasteiger partial charge in [-0.05, 0) is 68.6 Å². The SMILES string of the molecule is COc1cc(Cl)cc(C)c1C1CCN(CC(O)COc2cccc3oc(-c4nnc(C)o4)cc23)CC1. The number of halogens is 1. The molecule has 8 nitrogen and oxygen atoms in total. The smallest absolute Gasteiger partial charge is 0.283 e. The van der Waals surface area contributed by atoms with Crippen molar-refractivity contribution in [3.8, 4) is 23.1 Å². The minimum absolute atomic E-state index is 0.184. The summed E-state index contributed by atoms with van der Waals surface area (Å²) in [6.45, 7) is 6.35. The number of fused-ring (bicyclic) bond motifs is 1. The van der Waals surface area contributed by atoms with Crippen LogP contribution in [0.25, 0.3) is 22.6 Å². The predicted octanol–water partition coefficient (Wildman–Crippen LogP) is 5.38. The molecule has 36 heavy (non-hydrogen) atoms. The molecular weight excluding hydrogens is 482 g/mol. The molecule has 1 N–H and O–H groups in total. The Bertz CT molecular complexity index is 1340. The molecule has 3 heterocycles. The number of hydrogen-bond donors (Lipinski definition) is 1. The molecule has 1 aliphatic rings. The Hall–Kier alpha value is -3.07. The van der Waals surface area contributed by atoms with Crippen LogP contribution in [0.1, 0.15) is 35.8 Å². The van der Waals surface area contributed by atoms with E-state index in [0.29, 0.717) is 46.4 Å². The molecule has 4 aromatic rings. The van der Waals surface area contributed by atoms with Gasteiger partial charge in [0, 0.05) is 30.1 Å². The first-order valence-corrected chi connectivity index (χ1v) is 12.5. The van der Waals surface area contributed by atoms with Crippen molar-refractivity contribution in [2.75, 3.05) is 33.4 Å². The topological polar surface area (TPSA) is 94.0 Å². The first-order chi connectivity index (χ1) is 17.4. The molecule has 1 atom stereocenters. The highest BCUT2D eigenvalue weighted by Gasteiger charge is 2.26. The highest BCUT2D eigenvalue weighted by molar-refractivity contribution is 6.30. The van der Waals surface area contributed by atoms with Gasteiger partial charge in [0.25, 0.3) is 5.89 Å². The number of β-amino-alcohol motifs (C(OH)–C–C–N with tert-alkyl or cyclic N) is 1. The molecule has 0 aliphatic carbocycles. The number of aliphatic hydroxyl groups is 1. The van der Waals surface area contributed by atoms with E-state index in [0.717, 1.165) is 42.6 Å². The Balaban J connectivity index is 1.17. The van der Waals surface area contributed by atoms with E-state index in [9.17, 15) is 5.11 Å². The largest absolute Gasteiger partial charge is 0.496 e. The van der Waals surface area contributed by atoms with Crippen molar-refractivity contribution in [1.82, 2.24) is 15.1 Å². The zero-order chi connectivity index (χ0) is 25.2. The Kier molecular flexibility index (Phi) is 7.18. The van der Waals surface area contributed by atoms with E-state index in [-0.39, 0.29) is 6.61 Å². The summed E-state index contributed by atoms with van der Waals surface area (Å²) < 4.78 is 22.9. The van der Waals surface area contributed by atoms with Gasteiger partial charge in [-0.25, -0.2) is 0 Å². The molecule has 2 aromatic heterocycles. The van der Waals surface area contributed by atoms with E-state index in [1.807, 2.05) is 36.4 Å². The van der Waals surface area contributed by atoms with Crippen molar-refractivity contribution in [3.63, 3.8) is 0 Å². The zero-order valence-corrected chi connectivity index (χ0v) is 21.4. The molecular formula is C27H30ClN3O5. The maximum Gasteiger partial charge on any atom is 0.283 e. The Morgan fingerprint density at radius 2 is 1.92 bits per heavy atom. The molecule has 9 heteroatoms. The van der Waals surface area contributed by atoms with Gasteiger partial charge in [0.2, 0.25) is 5.89 Å². The van der Waals surface area contributed by atoms with Crippen LogP contribution in [0.5, 0.6) is 11.5 Å². The highest BCUT2D eigenvalue weighted by Crippen LogP contribution is 2.38. The minimum atomic E-state index is -0.617. The lowest BCUT2D eigenvalue weighted by atomic mass is 9.86. The number of methoxy groups -OCH3 is 1. The second kappa shape index (κ2) is 10.5. The number of ether oxygens (including phenoxy) is 2. The van der Waals surface area contributed by atoms with Crippen LogP contribution in [0.4, 0.5) is 0 Å². The summed E-state index contributed by atoms with van der Waals surface area (Å²) in [5, 5.41) is 20.1. The third-order valence-corrected chi connectivity index (χ3v) is 6.91. The average molecular weight is 512 g/mol. The van der Waals surface area contributed by atoms with Crippen LogP contribution in [0.2, 0.25) is 5.02 Å². The summed E-state index contributed by atoms with van der Waals surface area (Å²) >= 11 is 6.21. The summed E-state index contributed by atoms with van der Waals surface area (Å²) in [5.41, 5.74) is 3.06. The number of piperidine rings is 1. The van der Waals surface area contributed by atoms with E-state index in [1.165, 1.54) is 5.56 Å². The number of aryl methyl sites for hydroxylation is 2. The summed E-state index contributed by atoms with van der Waals surface area (Å²) in [4.78, 5) is 2.29. The molecule has 0 bridgehead atoms. The van der Waals surface area contributed by atoms with Gasteiger partial charge in [-0.2, -0.15) is 0 Å². The van der Waals surface area contributed by atoms with Gasteiger partial charge in [0.15, 0.2) is 5.76 Å². The number of benzene rings is 2. The van der Waals surface area contributed by atoms with Crippen LogP contribution in [0.3, 0.4) is 0 Å². The van der Waals surface area contributed by atoms with E-state index in [1.54, 1.807) is 14.0 Å². The third kappa shape index (κ3) is 5.21. The number of hydrogen-bond acceptors (Lipinski definition) is 8. The summed E-state index contributed by atoms with van der Waals surface area (Å²) in [5.74, 6) is 3.19. The van der Waals surface area contributed by atoms with Gasteiger partial charge in [0.1, 0.15) is 29.8 Å². The van der Waals surface area contributed by atoms with Crippen molar-refractivity contribution in [2.24, 2.45) is 0 Å². The van der Waals surface area contributed by atoms with Crippen molar-refractivity contribution in [3.05, 3.63) is 58.4 Å². The Labute approximate surface area is 214 Å². The molecule has 0 saturated carbocycles. The average Bonchev–Trinajstić information content (AvgIpc) is 3.49. The molecule has 1 aliphatic heterocycles. The number of furan rings is 1. The van der Waals surface area contributed by atoms with Gasteiger partial charge >= 0.3 is 0 Å². The number of rotatable bonds is 8. The molecule has 1 saturated heterocycles. The molecule has 1 fully saturated rings. The quantitative estimate of drug-likeness (QED) is 0.337. The predicted molar refractivity (Wildman–Crippen MR) is 137 cm³/mol. The molecule has 0 radical (unpaired) electrons. The maximum atomic E-state index is 10.7. The molecule has 5 rings (SSSR count). The fourth-order valence-corrected chi connectivity index (χ4v) is 5.28. The van der Waals surface area contributed by atoms with Gasteiger partial charge in [-0.3, -0.25) is 0 Å². The summed E-state index contributed by atoms with van der Waals surface area (Å²) in [6.07, 6.45) is 1.38. The zero-order valence-electron chi connectivity index (χ0n) is 20.7. The van der Waals surface area contributed by atoms with Gasteiger partial charge in [-0.1, -0.05) is 17.7 Å². The fraction of sp³-hybridized carbons (Fsp3) is 0.407. The van der Waals surface area contributed by atoms with Crippen LogP contribution >= 0.6 is 11.6 Å². The van der Waals surface area contributed by atoms with Crippen LogP contribution in [-0.2, 0) is 0 Å². The van der Waals surface area contributed by atoms with Crippen LogP contribution in [-0.4, -0.2) is 59.7 Å². The molecule has 190 valence electrons. The van der Waals surface area contributed by atoms with E-state index < -0.39 is 6.10 Å². The normalized spacial score (nSPS) is 15.9. The van der Waals surface area contributed by atoms with Crippen LogP contribution in [0, 0.1) is 13.8 Å². The van der Waals surface area contributed by atoms with E-state index >= 15 is 0 Å². The number of likely N-dealkylation sites (tertiary alicyclic amines) is 1. The van der Waals surface area contributed by atoms with Crippen LogP contribution < -0.4 is 9.47 Å². The van der Waals surface area contributed by atoms with E-state index in [4.69, 9.17) is 29.9 Å². The van der Waals surface area contributed by atoms with Crippen LogP contribution in [0.15, 0.2) is 45.2 Å². The number of aliphatic hydroxyl groups excluding tert-OH is 1. The van der Waals surface area contributed by atoms with Crippen molar-refractivity contribution >= 4 is 22.6 Å². The first kappa shape index (κ1) is 24.6. The summed E-state index contributed by atoms with van der Waals surface area (Å²) in [7, 11) is 1.69. The lowest BCUT2D eigenvalue weighted by molar-refractivity contribution is 0.0598. The molecule has 0 amide bonds. The molecule has 2 aromatic carbocycles.